The summed E-state index contributed by atoms with van der Waals surface area (Å²) in [4.78, 5) is 9.31. The predicted molar refractivity (Wildman–Crippen MR) is 225 cm³/mol. The quantitative estimate of drug-likeness (QED) is 0.123. The van der Waals surface area contributed by atoms with E-state index in [0.717, 1.165) is 39.0 Å². The molecule has 0 saturated heterocycles. The van der Waals surface area contributed by atoms with Gasteiger partial charge < -0.3 is 14.4 Å². The molecule has 0 unspecified atom stereocenters. The number of rotatable bonds is 6. The zero-order valence-electron chi connectivity index (χ0n) is 32.0. The Morgan fingerprint density at radius 2 is 1.51 bits per heavy atom. The second kappa shape index (κ2) is 15.8. The van der Waals surface area contributed by atoms with Crippen LogP contribution in [-0.4, -0.2) is 18.0 Å². The van der Waals surface area contributed by atoms with Crippen LogP contribution in [0.4, 0.5) is 4.39 Å². The standard InChI is InChI=1S/C31H27FNO.C18H18NSi.Ir/c1-31(2,23-10-6-7-11-23)24-14-15-33-27(19-24)21-12-13-28-25(16-21)30-26(32)17-22(18-29(30)34-28)20-8-4-3-5-9-20;1-20(2,3)15-11-12-18(19-13-15)17-10-6-8-14-7-4-5-9-16(14)17;/h3-5,8-9,13-19,23H,6-7,10-11H2,1-2H3;4-9,11-13H,1-3H3;/q2*-1;. The van der Waals surface area contributed by atoms with E-state index in [9.17, 15) is 0 Å². The van der Waals surface area contributed by atoms with Crippen LogP contribution in [-0.2, 0) is 25.5 Å². The molecule has 9 rings (SSSR count). The molecule has 55 heavy (non-hydrogen) atoms. The first-order valence-electron chi connectivity index (χ1n) is 19.0. The van der Waals surface area contributed by atoms with Gasteiger partial charge in [0.1, 0.15) is 11.4 Å². The first kappa shape index (κ1) is 38.5. The van der Waals surface area contributed by atoms with Crippen molar-refractivity contribution in [2.45, 2.75) is 64.6 Å². The van der Waals surface area contributed by atoms with Gasteiger partial charge in [0.05, 0.1) is 13.7 Å². The Kier molecular flexibility index (Phi) is 11.1. The van der Waals surface area contributed by atoms with Crippen LogP contribution in [0.1, 0.15) is 45.1 Å². The number of hydrogen-bond donors (Lipinski definition) is 0. The SMILES string of the molecule is CC(C)(c1ccnc(-c2[c-]cc3oc4cc(-c5ccccc5)cc(F)c4c3c2)c1)C1CCCC1.C[Si](C)(C)c1ccc(-c2[c-]ccc3ccccc23)nc1.[Ir]. The molecule has 0 atom stereocenters. The molecule has 0 N–H and O–H groups in total. The maximum atomic E-state index is 15.3. The van der Waals surface area contributed by atoms with Crippen molar-refractivity contribution in [3.05, 3.63) is 151 Å². The van der Waals surface area contributed by atoms with Crippen molar-refractivity contribution in [1.29, 1.82) is 0 Å². The van der Waals surface area contributed by atoms with Crippen molar-refractivity contribution in [3.63, 3.8) is 0 Å². The Bertz CT molecular complexity index is 2580. The molecule has 0 aliphatic heterocycles. The Morgan fingerprint density at radius 3 is 2.25 bits per heavy atom. The minimum Gasteiger partial charge on any atom is -0.500 e. The maximum absolute atomic E-state index is 15.3. The Morgan fingerprint density at radius 1 is 0.745 bits per heavy atom. The summed E-state index contributed by atoms with van der Waals surface area (Å²) >= 11 is 0. The van der Waals surface area contributed by atoms with Crippen LogP contribution in [0, 0.1) is 23.9 Å². The molecule has 5 aromatic carbocycles. The predicted octanol–water partition coefficient (Wildman–Crippen LogP) is 13.0. The molecular formula is C49H45FIrN2OSi-2. The molecule has 3 nitrogen and oxygen atoms in total. The Labute approximate surface area is 338 Å². The molecule has 279 valence electrons. The molecule has 3 aromatic heterocycles. The number of pyridine rings is 2. The van der Waals surface area contributed by atoms with Crippen LogP contribution in [0.15, 0.2) is 132 Å². The molecular weight excluding hydrogens is 872 g/mol. The van der Waals surface area contributed by atoms with E-state index in [4.69, 9.17) is 4.42 Å². The summed E-state index contributed by atoms with van der Waals surface area (Å²) < 4.78 is 21.4. The van der Waals surface area contributed by atoms with Crippen molar-refractivity contribution in [2.24, 2.45) is 5.92 Å². The number of furan rings is 1. The largest absolute Gasteiger partial charge is 0.500 e. The van der Waals surface area contributed by atoms with Gasteiger partial charge in [-0.3, -0.25) is 0 Å². The van der Waals surface area contributed by atoms with Gasteiger partial charge in [-0.2, -0.15) is 0 Å². The minimum atomic E-state index is -1.28. The second-order valence-corrected chi connectivity index (χ2v) is 21.3. The molecule has 0 spiro atoms. The number of hydrogen-bond acceptors (Lipinski definition) is 3. The normalized spacial score (nSPS) is 13.5. The smallest absolute Gasteiger partial charge is 0.133 e. The first-order valence-corrected chi connectivity index (χ1v) is 22.5. The van der Waals surface area contributed by atoms with Crippen LogP contribution >= 0.6 is 0 Å². The number of halogens is 1. The number of nitrogens with zero attached hydrogens (tertiary/aromatic N) is 2. The first-order chi connectivity index (χ1) is 26.1. The van der Waals surface area contributed by atoms with Gasteiger partial charge >= 0.3 is 0 Å². The van der Waals surface area contributed by atoms with Gasteiger partial charge in [-0.1, -0.05) is 130 Å². The summed E-state index contributed by atoms with van der Waals surface area (Å²) in [6.07, 6.45) is 9.14. The molecule has 8 aromatic rings. The zero-order chi connectivity index (χ0) is 37.5. The molecule has 1 saturated carbocycles. The summed E-state index contributed by atoms with van der Waals surface area (Å²) in [5, 5.41) is 5.09. The summed E-state index contributed by atoms with van der Waals surface area (Å²) in [6, 6.07) is 44.9. The van der Waals surface area contributed by atoms with Gasteiger partial charge in [-0.25, -0.2) is 4.39 Å². The van der Waals surface area contributed by atoms with E-state index in [1.807, 2.05) is 67.0 Å². The van der Waals surface area contributed by atoms with Crippen LogP contribution in [0.5, 0.6) is 0 Å². The van der Waals surface area contributed by atoms with E-state index in [-0.39, 0.29) is 31.3 Å². The number of benzene rings is 5. The number of aromatic nitrogens is 2. The van der Waals surface area contributed by atoms with E-state index in [2.05, 4.69) is 110 Å². The minimum absolute atomic E-state index is 0. The van der Waals surface area contributed by atoms with Crippen molar-refractivity contribution >= 4 is 46.0 Å². The van der Waals surface area contributed by atoms with Crippen LogP contribution < -0.4 is 5.19 Å². The molecule has 0 amide bonds. The van der Waals surface area contributed by atoms with Gasteiger partial charge in [0, 0.05) is 37.9 Å². The molecule has 1 fully saturated rings. The monoisotopic (exact) mass is 917 g/mol. The van der Waals surface area contributed by atoms with Gasteiger partial charge in [0.25, 0.3) is 0 Å². The van der Waals surface area contributed by atoms with Gasteiger partial charge in [-0.05, 0) is 75.6 Å². The maximum Gasteiger partial charge on any atom is 0.133 e. The third-order valence-electron chi connectivity index (χ3n) is 11.3. The van der Waals surface area contributed by atoms with Crippen LogP contribution in [0.2, 0.25) is 19.6 Å². The molecule has 6 heteroatoms. The second-order valence-electron chi connectivity index (χ2n) is 16.2. The van der Waals surface area contributed by atoms with E-state index >= 15 is 4.39 Å². The molecule has 1 aliphatic carbocycles. The van der Waals surface area contributed by atoms with Gasteiger partial charge in [0.15, 0.2) is 0 Å². The van der Waals surface area contributed by atoms with Crippen LogP contribution in [0.3, 0.4) is 0 Å². The molecule has 1 radical (unpaired) electrons. The zero-order valence-corrected chi connectivity index (χ0v) is 35.4. The fourth-order valence-corrected chi connectivity index (χ4v) is 9.00. The third kappa shape index (κ3) is 7.87. The molecule has 0 bridgehead atoms. The van der Waals surface area contributed by atoms with E-state index in [1.54, 1.807) is 6.07 Å². The summed E-state index contributed by atoms with van der Waals surface area (Å²) in [5.74, 6) is 0.413. The summed E-state index contributed by atoms with van der Waals surface area (Å²) in [5.41, 5.74) is 8.14. The third-order valence-corrected chi connectivity index (χ3v) is 13.4. The van der Waals surface area contributed by atoms with E-state index < -0.39 is 8.07 Å². The van der Waals surface area contributed by atoms with E-state index in [1.165, 1.54) is 47.2 Å². The van der Waals surface area contributed by atoms with Gasteiger partial charge in [0.2, 0.25) is 0 Å². The summed E-state index contributed by atoms with van der Waals surface area (Å²) in [6.45, 7) is 11.7. The van der Waals surface area contributed by atoms with Crippen LogP contribution in [0.25, 0.3) is 66.4 Å². The molecule has 3 heterocycles. The fourth-order valence-electron chi connectivity index (χ4n) is 7.97. The van der Waals surface area contributed by atoms with Crippen molar-refractivity contribution in [1.82, 2.24) is 9.97 Å². The van der Waals surface area contributed by atoms with Crippen molar-refractivity contribution < 1.29 is 28.9 Å². The molecule has 1 aliphatic rings. The van der Waals surface area contributed by atoms with Crippen molar-refractivity contribution in [3.8, 4) is 33.6 Å². The van der Waals surface area contributed by atoms with Crippen molar-refractivity contribution in [2.75, 3.05) is 0 Å². The number of fused-ring (bicyclic) bond motifs is 4. The average Bonchev–Trinajstić information content (AvgIpc) is 3.88. The summed E-state index contributed by atoms with van der Waals surface area (Å²) in [7, 11) is -1.28. The van der Waals surface area contributed by atoms with Gasteiger partial charge in [-0.15, -0.1) is 52.9 Å². The van der Waals surface area contributed by atoms with E-state index in [0.29, 0.717) is 22.5 Å². The fraction of sp³-hybridized carbons (Fsp3) is 0.224. The Balaban J connectivity index is 0.000000190. The topological polar surface area (TPSA) is 38.9 Å². The average molecular weight is 917 g/mol. The Hall–Kier alpha value is -4.74.